The molecule has 108 valence electrons. The number of hydrogen-bond donors (Lipinski definition) is 1. The van der Waals surface area contributed by atoms with Crippen molar-refractivity contribution in [3.63, 3.8) is 0 Å². The van der Waals surface area contributed by atoms with Crippen molar-refractivity contribution < 1.29 is 9.53 Å². The van der Waals surface area contributed by atoms with Gasteiger partial charge in [-0.1, -0.05) is 13.8 Å². The van der Waals surface area contributed by atoms with Gasteiger partial charge in [0, 0.05) is 31.5 Å². The molecule has 1 aliphatic carbocycles. The summed E-state index contributed by atoms with van der Waals surface area (Å²) in [5.74, 6) is -0.101. The minimum absolute atomic E-state index is 0.0196. The second-order valence-corrected chi connectivity index (χ2v) is 5.97. The fraction of sp³-hybridized carbons (Fsp3) is 0.857. The summed E-state index contributed by atoms with van der Waals surface area (Å²) in [6.07, 6.45) is 0.871. The molecule has 1 rings (SSSR count). The second-order valence-electron chi connectivity index (χ2n) is 5.97. The smallest absolute Gasteiger partial charge is 0.243 e. The lowest BCUT2D eigenvalue weighted by atomic mass is 9.54. The van der Waals surface area contributed by atoms with Crippen LogP contribution in [0.3, 0.4) is 0 Å². The summed E-state index contributed by atoms with van der Waals surface area (Å²) in [4.78, 5) is 14.2. The number of carbonyl (C=O) groups is 1. The van der Waals surface area contributed by atoms with Crippen molar-refractivity contribution in [2.75, 3.05) is 13.7 Å². The van der Waals surface area contributed by atoms with Gasteiger partial charge in [0.05, 0.1) is 18.6 Å². The van der Waals surface area contributed by atoms with E-state index in [1.165, 1.54) is 0 Å². The normalized spacial score (nSPS) is 30.1. The molecule has 0 bridgehead atoms. The van der Waals surface area contributed by atoms with Crippen LogP contribution < -0.4 is 5.73 Å². The summed E-state index contributed by atoms with van der Waals surface area (Å²) in [5.41, 5.74) is 5.04. The first-order chi connectivity index (χ1) is 8.72. The number of nitriles is 1. The van der Waals surface area contributed by atoms with Crippen LogP contribution in [0.1, 0.15) is 40.5 Å². The van der Waals surface area contributed by atoms with Gasteiger partial charge in [0.25, 0.3) is 0 Å². The van der Waals surface area contributed by atoms with Crippen LogP contribution in [0.5, 0.6) is 0 Å². The van der Waals surface area contributed by atoms with Gasteiger partial charge in [0.1, 0.15) is 5.54 Å². The molecule has 0 aromatic rings. The summed E-state index contributed by atoms with van der Waals surface area (Å²) in [6, 6.07) is 1.96. The van der Waals surface area contributed by atoms with Gasteiger partial charge in [-0.15, -0.1) is 0 Å². The average Bonchev–Trinajstić information content (AvgIpc) is 2.36. The van der Waals surface area contributed by atoms with Gasteiger partial charge in [0.2, 0.25) is 5.91 Å². The van der Waals surface area contributed by atoms with Gasteiger partial charge in [0.15, 0.2) is 0 Å². The van der Waals surface area contributed by atoms with Crippen LogP contribution in [0.25, 0.3) is 0 Å². The third kappa shape index (κ3) is 2.47. The number of likely N-dealkylation sites (N-methyl/N-ethyl adjacent to an activating group) is 1. The van der Waals surface area contributed by atoms with Crippen LogP contribution in [0.15, 0.2) is 0 Å². The monoisotopic (exact) mass is 267 g/mol. The molecule has 0 heterocycles. The van der Waals surface area contributed by atoms with E-state index >= 15 is 0 Å². The van der Waals surface area contributed by atoms with E-state index in [0.29, 0.717) is 19.4 Å². The molecule has 0 aromatic heterocycles. The minimum atomic E-state index is -0.898. The Bertz CT molecular complexity index is 389. The van der Waals surface area contributed by atoms with Gasteiger partial charge >= 0.3 is 0 Å². The lowest BCUT2D eigenvalue weighted by molar-refractivity contribution is -0.179. The zero-order chi connectivity index (χ0) is 14.8. The van der Waals surface area contributed by atoms with Crippen molar-refractivity contribution in [2.45, 2.75) is 58.2 Å². The zero-order valence-corrected chi connectivity index (χ0v) is 12.6. The summed E-state index contributed by atoms with van der Waals surface area (Å²) in [5, 5.41) is 8.72. The maximum atomic E-state index is 12.6. The van der Waals surface area contributed by atoms with Crippen molar-refractivity contribution in [3.05, 3.63) is 0 Å². The van der Waals surface area contributed by atoms with E-state index in [9.17, 15) is 4.79 Å². The number of nitrogens with two attached hydrogens (primary N) is 1. The number of ether oxygens (including phenoxy) is 1. The largest absolute Gasteiger partial charge is 0.378 e. The van der Waals surface area contributed by atoms with Gasteiger partial charge in [-0.05, 0) is 13.8 Å². The van der Waals surface area contributed by atoms with E-state index in [0.717, 1.165) is 0 Å². The molecule has 2 N–H and O–H groups in total. The highest BCUT2D eigenvalue weighted by Gasteiger charge is 2.63. The predicted octanol–water partition coefficient (Wildman–Crippen LogP) is 1.28. The fourth-order valence-electron chi connectivity index (χ4n) is 2.58. The highest BCUT2D eigenvalue weighted by Crippen LogP contribution is 2.50. The third-order valence-corrected chi connectivity index (χ3v) is 4.58. The molecular weight excluding hydrogens is 242 g/mol. The quantitative estimate of drug-likeness (QED) is 0.813. The number of carbonyl (C=O) groups excluding carboxylic acids is 1. The molecular formula is C14H25N3O2. The fourth-order valence-corrected chi connectivity index (χ4v) is 2.58. The standard InChI is InChI=1S/C14H25N3O2/c1-6-19-11-9-14(16,13(11,3)4)12(18)17(5)10(2)7-8-15/h10-11H,6-7,9,16H2,1-5H3. The Morgan fingerprint density at radius 1 is 1.63 bits per heavy atom. The maximum Gasteiger partial charge on any atom is 0.243 e. The van der Waals surface area contributed by atoms with Crippen molar-refractivity contribution in [1.29, 1.82) is 5.26 Å². The Kier molecular flexibility index (Phi) is 4.59. The van der Waals surface area contributed by atoms with Crippen LogP contribution in [0.2, 0.25) is 0 Å². The van der Waals surface area contributed by atoms with Crippen molar-refractivity contribution in [2.24, 2.45) is 11.1 Å². The van der Waals surface area contributed by atoms with E-state index in [-0.39, 0.29) is 23.5 Å². The highest BCUT2D eigenvalue weighted by molar-refractivity contribution is 5.89. The van der Waals surface area contributed by atoms with Crippen LogP contribution in [-0.4, -0.2) is 42.1 Å². The molecule has 1 amide bonds. The first-order valence-electron chi connectivity index (χ1n) is 6.77. The van der Waals surface area contributed by atoms with Crippen molar-refractivity contribution in [1.82, 2.24) is 4.90 Å². The second kappa shape index (κ2) is 5.48. The summed E-state index contributed by atoms with van der Waals surface area (Å²) in [7, 11) is 1.71. The zero-order valence-electron chi connectivity index (χ0n) is 12.6. The first-order valence-corrected chi connectivity index (χ1v) is 6.77. The molecule has 3 unspecified atom stereocenters. The molecule has 0 spiro atoms. The molecule has 1 saturated carbocycles. The number of rotatable bonds is 5. The molecule has 1 fully saturated rings. The Morgan fingerprint density at radius 3 is 2.63 bits per heavy atom. The Hall–Kier alpha value is -1.12. The minimum Gasteiger partial charge on any atom is -0.378 e. The molecule has 0 aliphatic heterocycles. The molecule has 5 heteroatoms. The van der Waals surface area contributed by atoms with Crippen molar-refractivity contribution >= 4 is 5.91 Å². The predicted molar refractivity (Wildman–Crippen MR) is 73.2 cm³/mol. The summed E-state index contributed by atoms with van der Waals surface area (Å²) < 4.78 is 5.62. The van der Waals surface area contributed by atoms with Gasteiger partial charge < -0.3 is 15.4 Å². The average molecular weight is 267 g/mol. The third-order valence-electron chi connectivity index (χ3n) is 4.58. The molecule has 3 atom stereocenters. The molecule has 1 aliphatic rings. The van der Waals surface area contributed by atoms with Crippen LogP contribution in [0, 0.1) is 16.7 Å². The Balaban J connectivity index is 2.81. The van der Waals surface area contributed by atoms with Crippen LogP contribution in [-0.2, 0) is 9.53 Å². The molecule has 0 aromatic carbocycles. The van der Waals surface area contributed by atoms with E-state index in [1.54, 1.807) is 11.9 Å². The SMILES string of the molecule is CCOC1CC(N)(C(=O)N(C)C(C)CC#N)C1(C)C. The molecule has 5 nitrogen and oxygen atoms in total. The Labute approximate surface area is 115 Å². The highest BCUT2D eigenvalue weighted by atomic mass is 16.5. The molecule has 19 heavy (non-hydrogen) atoms. The molecule has 0 radical (unpaired) electrons. The van der Waals surface area contributed by atoms with E-state index in [4.69, 9.17) is 15.7 Å². The number of amides is 1. The summed E-state index contributed by atoms with van der Waals surface area (Å²) in [6.45, 7) is 8.36. The van der Waals surface area contributed by atoms with E-state index < -0.39 is 5.54 Å². The lowest BCUT2D eigenvalue weighted by Gasteiger charge is -2.58. The Morgan fingerprint density at radius 2 is 2.21 bits per heavy atom. The molecule has 0 saturated heterocycles. The topological polar surface area (TPSA) is 79.3 Å². The van der Waals surface area contributed by atoms with Crippen LogP contribution in [0.4, 0.5) is 0 Å². The number of hydrogen-bond acceptors (Lipinski definition) is 4. The van der Waals surface area contributed by atoms with E-state index in [1.807, 2.05) is 27.7 Å². The van der Waals surface area contributed by atoms with Gasteiger partial charge in [-0.25, -0.2) is 0 Å². The van der Waals surface area contributed by atoms with E-state index in [2.05, 4.69) is 6.07 Å². The lowest BCUT2D eigenvalue weighted by Crippen LogP contribution is -2.76. The maximum absolute atomic E-state index is 12.6. The van der Waals surface area contributed by atoms with Crippen LogP contribution >= 0.6 is 0 Å². The summed E-state index contributed by atoms with van der Waals surface area (Å²) >= 11 is 0. The first kappa shape index (κ1) is 15.9. The number of nitrogens with zero attached hydrogens (tertiary/aromatic N) is 2. The van der Waals surface area contributed by atoms with Gasteiger partial charge in [-0.3, -0.25) is 4.79 Å². The van der Waals surface area contributed by atoms with Crippen molar-refractivity contribution in [3.8, 4) is 6.07 Å². The van der Waals surface area contributed by atoms with Gasteiger partial charge in [-0.2, -0.15) is 5.26 Å².